The lowest BCUT2D eigenvalue weighted by Crippen LogP contribution is -2.32. The number of anilines is 1. The number of amides is 1. The minimum absolute atomic E-state index is 0.143. The molecule has 0 aliphatic carbocycles. The number of thiazole rings is 1. The van der Waals surface area contributed by atoms with Gasteiger partial charge in [0.2, 0.25) is 0 Å². The Kier molecular flexibility index (Phi) is 7.82. The predicted molar refractivity (Wildman–Crippen MR) is 148 cm³/mol. The van der Waals surface area contributed by atoms with Gasteiger partial charge in [-0.25, -0.2) is 0 Å². The van der Waals surface area contributed by atoms with Crippen molar-refractivity contribution in [2.75, 3.05) is 11.9 Å². The molecule has 0 unspecified atom stereocenters. The second-order valence-corrected chi connectivity index (χ2v) is 9.40. The van der Waals surface area contributed by atoms with E-state index in [0.717, 1.165) is 28.0 Å². The van der Waals surface area contributed by atoms with Gasteiger partial charge in [0.15, 0.2) is 5.57 Å². The van der Waals surface area contributed by atoms with Gasteiger partial charge >= 0.3 is 0 Å². The molecule has 1 aromatic heterocycles. The predicted octanol–water partition coefficient (Wildman–Crippen LogP) is 4.22. The average molecular weight is 508 g/mol. The Balaban J connectivity index is 1.87. The third-order valence-corrected chi connectivity index (χ3v) is 6.62. The molecule has 37 heavy (non-hydrogen) atoms. The lowest BCUT2D eigenvalue weighted by atomic mass is 10.2. The number of hydrogen-bond acceptors (Lipinski definition) is 5. The van der Waals surface area contributed by atoms with Crippen LogP contribution in [0.5, 0.6) is 5.75 Å². The molecule has 0 saturated carbocycles. The highest BCUT2D eigenvalue weighted by atomic mass is 32.1. The summed E-state index contributed by atoms with van der Waals surface area (Å²) in [6.07, 6.45) is 3.41. The summed E-state index contributed by atoms with van der Waals surface area (Å²) in [5, 5.41) is 12.8. The van der Waals surface area contributed by atoms with Crippen LogP contribution in [0.1, 0.15) is 16.7 Å². The zero-order chi connectivity index (χ0) is 26.4. The Hall–Kier alpha value is -4.67. The summed E-state index contributed by atoms with van der Waals surface area (Å²) in [4.78, 5) is 26.7. The molecule has 6 nitrogen and oxygen atoms in total. The van der Waals surface area contributed by atoms with E-state index < -0.39 is 5.91 Å². The van der Waals surface area contributed by atoms with Crippen LogP contribution < -0.4 is 24.8 Å². The molecule has 0 saturated heterocycles. The van der Waals surface area contributed by atoms with Crippen molar-refractivity contribution in [1.82, 2.24) is 4.57 Å². The van der Waals surface area contributed by atoms with E-state index in [1.54, 1.807) is 36.4 Å². The van der Waals surface area contributed by atoms with Crippen molar-refractivity contribution in [3.8, 4) is 17.5 Å². The minimum atomic E-state index is -0.580. The summed E-state index contributed by atoms with van der Waals surface area (Å²) in [5.41, 5.74) is 3.55. The molecule has 1 N–H and O–H groups in total. The average Bonchev–Trinajstić information content (AvgIpc) is 3.21. The molecule has 0 spiro atoms. The summed E-state index contributed by atoms with van der Waals surface area (Å²) < 4.78 is 7.60. The summed E-state index contributed by atoms with van der Waals surface area (Å²) in [6.45, 7) is 7.94. The number of aromatic nitrogens is 1. The topological polar surface area (TPSA) is 84.1 Å². The number of carbonyl (C=O) groups is 1. The highest BCUT2D eigenvalue weighted by molar-refractivity contribution is 7.07. The van der Waals surface area contributed by atoms with Crippen molar-refractivity contribution in [3.63, 3.8) is 0 Å². The smallest absolute Gasteiger partial charge is 0.273 e. The Morgan fingerprint density at radius 3 is 2.24 bits per heavy atom. The summed E-state index contributed by atoms with van der Waals surface area (Å²) in [6, 6.07) is 24.0. The molecule has 1 heterocycles. The highest BCUT2D eigenvalue weighted by Gasteiger charge is 2.17. The van der Waals surface area contributed by atoms with Crippen LogP contribution in [0, 0.1) is 25.2 Å². The van der Waals surface area contributed by atoms with Gasteiger partial charge in [0.25, 0.3) is 11.5 Å². The lowest BCUT2D eigenvalue weighted by Gasteiger charge is -2.06. The van der Waals surface area contributed by atoms with Crippen molar-refractivity contribution in [2.24, 2.45) is 0 Å². The van der Waals surface area contributed by atoms with Gasteiger partial charge in [0.1, 0.15) is 23.1 Å². The van der Waals surface area contributed by atoms with Crippen molar-refractivity contribution in [1.29, 1.82) is 5.26 Å². The van der Waals surface area contributed by atoms with Crippen LogP contribution in [-0.2, 0) is 4.79 Å². The van der Waals surface area contributed by atoms with Crippen molar-refractivity contribution in [3.05, 3.63) is 122 Å². The normalized spacial score (nSPS) is 12.0. The van der Waals surface area contributed by atoms with Crippen LogP contribution >= 0.6 is 11.3 Å². The van der Waals surface area contributed by atoms with Gasteiger partial charge in [0.05, 0.1) is 10.2 Å². The standard InChI is InChI=1S/C30H25N3O3S/c1-4-17-36-25-15-9-22(10-16-25)18-27-29(35)33(24-13-7-21(3)8-14-24)30(37-27)26(19-31)28(34)32-23-11-5-20(2)6-12-23/h4-16,18H,1,17H2,2-3H3,(H,32,34)/b27-18+,30-26-. The molecule has 0 bridgehead atoms. The molecule has 4 rings (SSSR count). The summed E-state index contributed by atoms with van der Waals surface area (Å²) in [5.74, 6) is 0.109. The Labute approximate surface area is 218 Å². The van der Waals surface area contributed by atoms with Gasteiger partial charge in [-0.15, -0.1) is 11.3 Å². The maximum atomic E-state index is 13.6. The van der Waals surface area contributed by atoms with E-state index in [1.807, 2.05) is 68.4 Å². The Morgan fingerprint density at radius 1 is 1.03 bits per heavy atom. The van der Waals surface area contributed by atoms with Crippen LogP contribution in [0.2, 0.25) is 0 Å². The molecule has 0 aliphatic heterocycles. The van der Waals surface area contributed by atoms with Crippen LogP contribution in [0.25, 0.3) is 17.3 Å². The number of hydrogen-bond donors (Lipinski definition) is 1. The molecule has 0 radical (unpaired) electrons. The number of aryl methyl sites for hydroxylation is 2. The zero-order valence-corrected chi connectivity index (χ0v) is 21.3. The second kappa shape index (κ2) is 11.4. The molecule has 0 atom stereocenters. The van der Waals surface area contributed by atoms with Gasteiger partial charge in [0, 0.05) is 5.69 Å². The van der Waals surface area contributed by atoms with E-state index in [4.69, 9.17) is 4.74 Å². The van der Waals surface area contributed by atoms with Crippen LogP contribution in [-0.4, -0.2) is 17.1 Å². The molecular formula is C30H25N3O3S. The number of carbonyl (C=O) groups excluding carboxylic acids is 1. The Bertz CT molecular complexity index is 1660. The van der Waals surface area contributed by atoms with Crippen molar-refractivity contribution >= 4 is 34.6 Å². The molecule has 184 valence electrons. The third-order valence-electron chi connectivity index (χ3n) is 5.52. The fraction of sp³-hybridized carbons (Fsp3) is 0.100. The number of nitrogens with one attached hydrogen (secondary N) is 1. The number of benzene rings is 3. The zero-order valence-electron chi connectivity index (χ0n) is 20.5. The molecule has 7 heteroatoms. The van der Waals surface area contributed by atoms with Crippen LogP contribution in [0.3, 0.4) is 0 Å². The fourth-order valence-corrected chi connectivity index (χ4v) is 4.67. The molecule has 0 aliphatic rings. The molecular weight excluding hydrogens is 482 g/mol. The molecule has 4 aromatic rings. The number of ether oxygens (including phenoxy) is 1. The van der Waals surface area contributed by atoms with E-state index in [9.17, 15) is 14.9 Å². The number of rotatable bonds is 7. The van der Waals surface area contributed by atoms with Gasteiger partial charge < -0.3 is 10.1 Å². The third kappa shape index (κ3) is 5.95. The van der Waals surface area contributed by atoms with E-state index in [2.05, 4.69) is 11.9 Å². The first-order valence-electron chi connectivity index (χ1n) is 11.6. The SMILES string of the molecule is C=CCOc1ccc(/C=c2/s/c(=C(/C#N)C(=O)Nc3ccc(C)cc3)n(-c3ccc(C)cc3)c2=O)cc1. The first kappa shape index (κ1) is 25.4. The van der Waals surface area contributed by atoms with Crippen molar-refractivity contribution in [2.45, 2.75) is 13.8 Å². The maximum absolute atomic E-state index is 13.6. The van der Waals surface area contributed by atoms with E-state index in [0.29, 0.717) is 28.3 Å². The minimum Gasteiger partial charge on any atom is -0.490 e. The summed E-state index contributed by atoms with van der Waals surface area (Å²) in [7, 11) is 0. The second-order valence-electron chi connectivity index (χ2n) is 8.37. The monoisotopic (exact) mass is 507 g/mol. The van der Waals surface area contributed by atoms with Crippen LogP contribution in [0.4, 0.5) is 5.69 Å². The van der Waals surface area contributed by atoms with E-state index in [1.165, 1.54) is 4.57 Å². The van der Waals surface area contributed by atoms with Crippen LogP contribution in [0.15, 0.2) is 90.2 Å². The number of nitrogens with zero attached hydrogens (tertiary/aromatic N) is 2. The quantitative estimate of drug-likeness (QED) is 0.380. The highest BCUT2D eigenvalue weighted by Crippen LogP contribution is 2.14. The van der Waals surface area contributed by atoms with Gasteiger partial charge in [-0.1, -0.05) is 60.2 Å². The first-order valence-corrected chi connectivity index (χ1v) is 12.4. The first-order chi connectivity index (χ1) is 17.9. The molecule has 1 amide bonds. The number of nitriles is 1. The molecule has 0 fully saturated rings. The maximum Gasteiger partial charge on any atom is 0.273 e. The van der Waals surface area contributed by atoms with E-state index >= 15 is 0 Å². The van der Waals surface area contributed by atoms with Gasteiger partial charge in [-0.2, -0.15) is 5.26 Å². The Morgan fingerprint density at radius 2 is 1.65 bits per heavy atom. The van der Waals surface area contributed by atoms with Crippen molar-refractivity contribution < 1.29 is 9.53 Å². The van der Waals surface area contributed by atoms with Gasteiger partial charge in [-0.3, -0.25) is 14.2 Å². The summed E-state index contributed by atoms with van der Waals surface area (Å²) >= 11 is 1.10. The largest absolute Gasteiger partial charge is 0.490 e. The lowest BCUT2D eigenvalue weighted by molar-refractivity contribution is -0.111. The fourth-order valence-electron chi connectivity index (χ4n) is 3.57. The van der Waals surface area contributed by atoms with E-state index in [-0.39, 0.29) is 15.8 Å². The molecule has 3 aromatic carbocycles. The van der Waals surface area contributed by atoms with Gasteiger partial charge in [-0.05, 0) is 61.9 Å².